The van der Waals surface area contributed by atoms with Crippen LogP contribution in [0.15, 0.2) is 0 Å². The van der Waals surface area contributed by atoms with E-state index >= 15 is 0 Å². The molecule has 0 aliphatic carbocycles. The number of carbonyl (C=O) groups is 3. The van der Waals surface area contributed by atoms with Gasteiger partial charge in [0.1, 0.15) is 6.04 Å². The zero-order chi connectivity index (χ0) is 19.2. The van der Waals surface area contributed by atoms with Crippen LogP contribution in [0.1, 0.15) is 54.4 Å². The van der Waals surface area contributed by atoms with Crippen molar-refractivity contribution >= 4 is 17.9 Å². The van der Waals surface area contributed by atoms with E-state index in [9.17, 15) is 14.4 Å². The van der Waals surface area contributed by atoms with Gasteiger partial charge in [-0.3, -0.25) is 9.59 Å². The van der Waals surface area contributed by atoms with Crippen molar-refractivity contribution in [2.45, 2.75) is 66.0 Å². The van der Waals surface area contributed by atoms with Crippen molar-refractivity contribution in [1.82, 2.24) is 15.5 Å². The summed E-state index contributed by atoms with van der Waals surface area (Å²) in [6.07, 6.45) is 1.20. The molecule has 3 amide bonds. The molecule has 0 spiro atoms. The lowest BCUT2D eigenvalue weighted by atomic mass is 9.95. The minimum atomic E-state index is -0.582. The first-order valence-corrected chi connectivity index (χ1v) is 9.09. The van der Waals surface area contributed by atoms with E-state index in [4.69, 9.17) is 4.74 Å². The van der Waals surface area contributed by atoms with Crippen molar-refractivity contribution in [3.63, 3.8) is 0 Å². The van der Waals surface area contributed by atoms with E-state index in [-0.39, 0.29) is 35.3 Å². The molecule has 0 radical (unpaired) electrons. The van der Waals surface area contributed by atoms with E-state index < -0.39 is 6.04 Å². The molecule has 1 aliphatic heterocycles. The van der Waals surface area contributed by atoms with E-state index in [0.717, 1.165) is 0 Å². The zero-order valence-electron chi connectivity index (χ0n) is 16.3. The standard InChI is InChI=1S/C18H33N3O4/c1-7-25-16(23)13-8-10-21(11-9-13)15(22)14(12(2)3)19-17(24)20-18(4,5)6/h12-14H,7-11H2,1-6H3,(H2,19,20,24). The molecule has 1 unspecified atom stereocenters. The number of hydrogen-bond acceptors (Lipinski definition) is 4. The number of piperidine rings is 1. The second-order valence-corrected chi connectivity index (χ2v) is 7.92. The van der Waals surface area contributed by atoms with Gasteiger partial charge < -0.3 is 20.3 Å². The molecule has 0 aromatic carbocycles. The molecule has 1 saturated heterocycles. The number of likely N-dealkylation sites (tertiary alicyclic amines) is 1. The first-order chi connectivity index (χ1) is 11.5. The average Bonchev–Trinajstić information content (AvgIpc) is 2.50. The van der Waals surface area contributed by atoms with E-state index in [2.05, 4.69) is 10.6 Å². The van der Waals surface area contributed by atoms with Crippen LogP contribution >= 0.6 is 0 Å². The van der Waals surface area contributed by atoms with E-state index in [1.54, 1.807) is 11.8 Å². The van der Waals surface area contributed by atoms with Gasteiger partial charge in [-0.25, -0.2) is 4.79 Å². The van der Waals surface area contributed by atoms with Gasteiger partial charge in [0.25, 0.3) is 0 Å². The maximum absolute atomic E-state index is 12.8. The summed E-state index contributed by atoms with van der Waals surface area (Å²) in [6.45, 7) is 12.7. The molecule has 0 aromatic rings. The van der Waals surface area contributed by atoms with Crippen LogP contribution in [0.4, 0.5) is 4.79 Å². The minimum absolute atomic E-state index is 0.0269. The maximum Gasteiger partial charge on any atom is 0.315 e. The molecular formula is C18H33N3O4. The predicted octanol–water partition coefficient (Wildman–Crippen LogP) is 1.91. The number of nitrogens with one attached hydrogen (secondary N) is 2. The van der Waals surface area contributed by atoms with Crippen molar-refractivity contribution < 1.29 is 19.1 Å². The first-order valence-electron chi connectivity index (χ1n) is 9.09. The Hall–Kier alpha value is -1.79. The van der Waals surface area contributed by atoms with Crippen LogP contribution in [-0.4, -0.2) is 54.1 Å². The van der Waals surface area contributed by atoms with Crippen molar-refractivity contribution in [2.75, 3.05) is 19.7 Å². The Morgan fingerprint density at radius 3 is 2.16 bits per heavy atom. The molecule has 1 heterocycles. The summed E-state index contributed by atoms with van der Waals surface area (Å²) in [5.41, 5.74) is -0.368. The second kappa shape index (κ2) is 9.06. The lowest BCUT2D eigenvalue weighted by molar-refractivity contribution is -0.151. The molecule has 1 rings (SSSR count). The van der Waals surface area contributed by atoms with Crippen LogP contribution in [0.25, 0.3) is 0 Å². The van der Waals surface area contributed by atoms with Gasteiger partial charge in [-0.15, -0.1) is 0 Å². The molecule has 1 atom stereocenters. The second-order valence-electron chi connectivity index (χ2n) is 7.92. The van der Waals surface area contributed by atoms with Crippen LogP contribution in [0.2, 0.25) is 0 Å². The summed E-state index contributed by atoms with van der Waals surface area (Å²) in [7, 11) is 0. The van der Waals surface area contributed by atoms with Gasteiger partial charge in [0.2, 0.25) is 5.91 Å². The molecule has 25 heavy (non-hydrogen) atoms. The van der Waals surface area contributed by atoms with Gasteiger partial charge in [-0.2, -0.15) is 0 Å². The molecule has 2 N–H and O–H groups in total. The number of ether oxygens (including phenoxy) is 1. The number of urea groups is 1. The third-order valence-corrected chi connectivity index (χ3v) is 4.13. The summed E-state index contributed by atoms with van der Waals surface area (Å²) in [5, 5.41) is 5.61. The highest BCUT2D eigenvalue weighted by Gasteiger charge is 2.33. The van der Waals surface area contributed by atoms with Crippen molar-refractivity contribution in [3.8, 4) is 0 Å². The highest BCUT2D eigenvalue weighted by Crippen LogP contribution is 2.20. The largest absolute Gasteiger partial charge is 0.466 e. The fraction of sp³-hybridized carbons (Fsp3) is 0.833. The van der Waals surface area contributed by atoms with E-state index in [1.807, 2.05) is 34.6 Å². The Balaban J connectivity index is 2.63. The van der Waals surface area contributed by atoms with E-state index in [0.29, 0.717) is 32.5 Å². The van der Waals surface area contributed by atoms with Gasteiger partial charge in [-0.05, 0) is 46.5 Å². The van der Waals surface area contributed by atoms with Gasteiger partial charge in [0, 0.05) is 18.6 Å². The number of amides is 3. The molecule has 1 aliphatic rings. The molecule has 144 valence electrons. The Morgan fingerprint density at radius 1 is 1.16 bits per heavy atom. The molecule has 0 aromatic heterocycles. The van der Waals surface area contributed by atoms with Gasteiger partial charge >= 0.3 is 12.0 Å². The fourth-order valence-electron chi connectivity index (χ4n) is 2.82. The highest BCUT2D eigenvalue weighted by atomic mass is 16.5. The lowest BCUT2D eigenvalue weighted by Crippen LogP contribution is -2.57. The Kier molecular flexibility index (Phi) is 7.70. The third-order valence-electron chi connectivity index (χ3n) is 4.13. The monoisotopic (exact) mass is 355 g/mol. The maximum atomic E-state index is 12.8. The highest BCUT2D eigenvalue weighted by molar-refractivity contribution is 5.87. The van der Waals surface area contributed by atoms with Crippen molar-refractivity contribution in [2.24, 2.45) is 11.8 Å². The quantitative estimate of drug-likeness (QED) is 0.738. The van der Waals surface area contributed by atoms with Gasteiger partial charge in [0.15, 0.2) is 0 Å². The Morgan fingerprint density at radius 2 is 1.72 bits per heavy atom. The van der Waals surface area contributed by atoms with Crippen molar-refractivity contribution in [3.05, 3.63) is 0 Å². The topological polar surface area (TPSA) is 87.7 Å². The van der Waals surface area contributed by atoms with Crippen LogP contribution in [0.3, 0.4) is 0 Å². The van der Waals surface area contributed by atoms with Crippen LogP contribution in [-0.2, 0) is 14.3 Å². The summed E-state index contributed by atoms with van der Waals surface area (Å²) in [6, 6.07) is -0.928. The summed E-state index contributed by atoms with van der Waals surface area (Å²) < 4.78 is 5.05. The SMILES string of the molecule is CCOC(=O)C1CCN(C(=O)C(NC(=O)NC(C)(C)C)C(C)C)CC1. The average molecular weight is 355 g/mol. The molecular weight excluding hydrogens is 322 g/mol. The normalized spacial score (nSPS) is 17.2. The smallest absolute Gasteiger partial charge is 0.315 e. The summed E-state index contributed by atoms with van der Waals surface area (Å²) in [5.74, 6) is -0.446. The first kappa shape index (κ1) is 21.3. The lowest BCUT2D eigenvalue weighted by Gasteiger charge is -2.35. The van der Waals surface area contributed by atoms with Crippen LogP contribution in [0, 0.1) is 11.8 Å². The fourth-order valence-corrected chi connectivity index (χ4v) is 2.82. The number of nitrogens with zero attached hydrogens (tertiary/aromatic N) is 1. The molecule has 0 saturated carbocycles. The van der Waals surface area contributed by atoms with Crippen molar-refractivity contribution in [1.29, 1.82) is 0 Å². The number of esters is 1. The minimum Gasteiger partial charge on any atom is -0.466 e. The molecule has 1 fully saturated rings. The van der Waals surface area contributed by atoms with E-state index in [1.165, 1.54) is 0 Å². The Bertz CT molecular complexity index is 477. The molecule has 7 heteroatoms. The van der Waals surface area contributed by atoms with Crippen LogP contribution in [0.5, 0.6) is 0 Å². The third kappa shape index (κ3) is 6.92. The number of hydrogen-bond donors (Lipinski definition) is 2. The Labute approximate surface area is 150 Å². The van der Waals surface area contributed by atoms with Gasteiger partial charge in [-0.1, -0.05) is 13.8 Å². The zero-order valence-corrected chi connectivity index (χ0v) is 16.3. The molecule has 7 nitrogen and oxygen atoms in total. The van der Waals surface area contributed by atoms with Gasteiger partial charge in [0.05, 0.1) is 12.5 Å². The predicted molar refractivity (Wildman–Crippen MR) is 96.0 cm³/mol. The number of carbonyl (C=O) groups excluding carboxylic acids is 3. The summed E-state index contributed by atoms with van der Waals surface area (Å²) >= 11 is 0. The molecule has 0 bridgehead atoms. The number of rotatable bonds is 5. The van der Waals surface area contributed by atoms with Crippen LogP contribution < -0.4 is 10.6 Å². The summed E-state index contributed by atoms with van der Waals surface area (Å²) in [4.78, 5) is 38.5.